The molecule has 1 unspecified atom stereocenters. The second-order valence-corrected chi connectivity index (χ2v) is 6.79. The van der Waals surface area contributed by atoms with Crippen molar-refractivity contribution < 1.29 is 9.53 Å². The summed E-state index contributed by atoms with van der Waals surface area (Å²) >= 11 is 0. The first-order chi connectivity index (χ1) is 15.2. The molecule has 31 heavy (non-hydrogen) atoms. The van der Waals surface area contributed by atoms with Crippen molar-refractivity contribution in [1.29, 1.82) is 0 Å². The molecule has 5 nitrogen and oxygen atoms in total. The predicted octanol–water partition coefficient (Wildman–Crippen LogP) is 4.45. The van der Waals surface area contributed by atoms with Gasteiger partial charge in [0.1, 0.15) is 5.52 Å². The standard InChI is InChI=1S/C26H21N3O2/c1-2-31-26(20-19-22-13-7-4-8-14-22,25(30)18-17-21-11-5-3-6-12-21)29-24-16-10-9-15-23(24)27-28-29/h3-18H,2H2,1H3/b18-17+. The van der Waals surface area contributed by atoms with Crippen LogP contribution in [-0.2, 0) is 15.3 Å². The van der Waals surface area contributed by atoms with Crippen molar-refractivity contribution in [3.05, 3.63) is 102 Å². The van der Waals surface area contributed by atoms with Crippen LogP contribution in [0.2, 0.25) is 0 Å². The van der Waals surface area contributed by atoms with Gasteiger partial charge in [-0.25, -0.2) is 0 Å². The molecule has 0 saturated carbocycles. The fourth-order valence-electron chi connectivity index (χ4n) is 3.23. The van der Waals surface area contributed by atoms with Gasteiger partial charge in [-0.05, 0) is 48.7 Å². The van der Waals surface area contributed by atoms with Crippen molar-refractivity contribution in [3.63, 3.8) is 0 Å². The molecule has 152 valence electrons. The van der Waals surface area contributed by atoms with E-state index < -0.39 is 5.72 Å². The van der Waals surface area contributed by atoms with Crippen molar-refractivity contribution >= 4 is 22.9 Å². The largest absolute Gasteiger partial charge is 0.337 e. The van der Waals surface area contributed by atoms with E-state index in [1.165, 1.54) is 10.8 Å². The number of carbonyl (C=O) groups is 1. The van der Waals surface area contributed by atoms with Gasteiger partial charge in [0.2, 0.25) is 5.78 Å². The second kappa shape index (κ2) is 9.21. The van der Waals surface area contributed by atoms with Gasteiger partial charge in [-0.3, -0.25) is 4.79 Å². The zero-order valence-corrected chi connectivity index (χ0v) is 17.1. The molecule has 0 spiro atoms. The Morgan fingerprint density at radius 3 is 2.42 bits per heavy atom. The van der Waals surface area contributed by atoms with Crippen LogP contribution in [-0.4, -0.2) is 27.4 Å². The number of nitrogens with zero attached hydrogens (tertiary/aromatic N) is 3. The molecule has 0 aliphatic rings. The van der Waals surface area contributed by atoms with Gasteiger partial charge in [-0.2, -0.15) is 4.68 Å². The highest BCUT2D eigenvalue weighted by Crippen LogP contribution is 2.25. The van der Waals surface area contributed by atoms with E-state index in [0.29, 0.717) is 11.0 Å². The van der Waals surface area contributed by atoms with E-state index in [4.69, 9.17) is 4.74 Å². The number of aromatic nitrogens is 3. The number of benzene rings is 3. The number of carbonyl (C=O) groups excluding carboxylic acids is 1. The van der Waals surface area contributed by atoms with Crippen LogP contribution in [0.1, 0.15) is 18.1 Å². The fourth-order valence-corrected chi connectivity index (χ4v) is 3.23. The molecule has 0 bridgehead atoms. The van der Waals surface area contributed by atoms with Gasteiger partial charge in [-0.1, -0.05) is 77.9 Å². The number of ether oxygens (including phenoxy) is 1. The Hall–Kier alpha value is -4.01. The summed E-state index contributed by atoms with van der Waals surface area (Å²) in [6.45, 7) is 2.09. The Labute approximate surface area is 181 Å². The van der Waals surface area contributed by atoms with E-state index in [-0.39, 0.29) is 12.4 Å². The summed E-state index contributed by atoms with van der Waals surface area (Å²) in [5, 5.41) is 8.47. The monoisotopic (exact) mass is 407 g/mol. The average Bonchev–Trinajstić information content (AvgIpc) is 3.26. The van der Waals surface area contributed by atoms with E-state index >= 15 is 0 Å². The Kier molecular flexibility index (Phi) is 6.02. The molecule has 0 saturated heterocycles. The summed E-state index contributed by atoms with van der Waals surface area (Å²) in [5.74, 6) is 5.82. The van der Waals surface area contributed by atoms with Crippen LogP contribution in [0.3, 0.4) is 0 Å². The highest BCUT2D eigenvalue weighted by atomic mass is 16.5. The van der Waals surface area contributed by atoms with Crippen molar-refractivity contribution in [2.24, 2.45) is 0 Å². The van der Waals surface area contributed by atoms with Crippen molar-refractivity contribution in [2.45, 2.75) is 12.6 Å². The number of rotatable bonds is 6. The lowest BCUT2D eigenvalue weighted by Gasteiger charge is -2.26. The van der Waals surface area contributed by atoms with Gasteiger partial charge in [0, 0.05) is 12.2 Å². The maximum Gasteiger partial charge on any atom is 0.291 e. The number of hydrogen-bond acceptors (Lipinski definition) is 4. The predicted molar refractivity (Wildman–Crippen MR) is 121 cm³/mol. The summed E-state index contributed by atoms with van der Waals surface area (Å²) < 4.78 is 7.51. The maximum atomic E-state index is 13.6. The third-order valence-electron chi connectivity index (χ3n) is 4.71. The van der Waals surface area contributed by atoms with E-state index in [1.807, 2.05) is 91.9 Å². The molecule has 1 aromatic heterocycles. The smallest absolute Gasteiger partial charge is 0.291 e. The Bertz CT molecular complexity index is 1270. The zero-order valence-electron chi connectivity index (χ0n) is 17.1. The Morgan fingerprint density at radius 2 is 1.68 bits per heavy atom. The first kappa shape index (κ1) is 20.3. The van der Waals surface area contributed by atoms with Crippen LogP contribution < -0.4 is 0 Å². The van der Waals surface area contributed by atoms with Crippen molar-refractivity contribution in [2.75, 3.05) is 6.61 Å². The van der Waals surface area contributed by atoms with Crippen molar-refractivity contribution in [1.82, 2.24) is 15.0 Å². The lowest BCUT2D eigenvalue weighted by atomic mass is 10.1. The normalized spacial score (nSPS) is 12.9. The molecule has 1 atom stereocenters. The number of para-hydroxylation sites is 1. The van der Waals surface area contributed by atoms with Crippen LogP contribution in [0.5, 0.6) is 0 Å². The van der Waals surface area contributed by atoms with Gasteiger partial charge in [0.15, 0.2) is 0 Å². The minimum atomic E-state index is -1.65. The lowest BCUT2D eigenvalue weighted by molar-refractivity contribution is -0.143. The summed E-state index contributed by atoms with van der Waals surface area (Å²) in [4.78, 5) is 13.6. The Balaban J connectivity index is 1.86. The molecule has 4 aromatic rings. The first-order valence-corrected chi connectivity index (χ1v) is 10.0. The minimum absolute atomic E-state index is 0.266. The average molecular weight is 407 g/mol. The molecule has 1 heterocycles. The third-order valence-corrected chi connectivity index (χ3v) is 4.71. The molecule has 3 aromatic carbocycles. The van der Waals surface area contributed by atoms with Gasteiger partial charge in [0.25, 0.3) is 5.72 Å². The quantitative estimate of drug-likeness (QED) is 0.350. The van der Waals surface area contributed by atoms with Crippen LogP contribution in [0.4, 0.5) is 0 Å². The molecular formula is C26H21N3O2. The fraction of sp³-hybridized carbons (Fsp3) is 0.115. The number of hydrogen-bond donors (Lipinski definition) is 0. The Morgan fingerprint density at radius 1 is 1.00 bits per heavy atom. The summed E-state index contributed by atoms with van der Waals surface area (Å²) in [6.07, 6.45) is 3.24. The van der Waals surface area contributed by atoms with Crippen LogP contribution in [0.25, 0.3) is 17.1 Å². The molecule has 0 radical (unpaired) electrons. The summed E-state index contributed by atoms with van der Waals surface area (Å²) in [7, 11) is 0. The zero-order chi connectivity index (χ0) is 21.5. The topological polar surface area (TPSA) is 57.0 Å². The molecule has 0 fully saturated rings. The second-order valence-electron chi connectivity index (χ2n) is 6.79. The third kappa shape index (κ3) is 4.30. The minimum Gasteiger partial charge on any atom is -0.337 e. The molecule has 0 aliphatic heterocycles. The van der Waals surface area contributed by atoms with Gasteiger partial charge in [-0.15, -0.1) is 5.10 Å². The van der Waals surface area contributed by atoms with Crippen molar-refractivity contribution in [3.8, 4) is 11.8 Å². The number of fused-ring (bicyclic) bond motifs is 1. The molecule has 0 amide bonds. The van der Waals surface area contributed by atoms with Gasteiger partial charge >= 0.3 is 0 Å². The van der Waals surface area contributed by atoms with E-state index in [9.17, 15) is 4.79 Å². The van der Waals surface area contributed by atoms with E-state index in [2.05, 4.69) is 22.2 Å². The highest BCUT2D eigenvalue weighted by molar-refractivity contribution is 6.01. The summed E-state index contributed by atoms with van der Waals surface area (Å²) in [5.41, 5.74) is 1.36. The van der Waals surface area contributed by atoms with Crippen LogP contribution >= 0.6 is 0 Å². The van der Waals surface area contributed by atoms with E-state index in [0.717, 1.165) is 11.1 Å². The van der Waals surface area contributed by atoms with Crippen LogP contribution in [0.15, 0.2) is 91.0 Å². The molecule has 0 aliphatic carbocycles. The van der Waals surface area contributed by atoms with E-state index in [1.54, 1.807) is 6.08 Å². The lowest BCUT2D eigenvalue weighted by Crippen LogP contribution is -2.43. The molecular weight excluding hydrogens is 386 g/mol. The summed E-state index contributed by atoms with van der Waals surface area (Å²) in [6, 6.07) is 26.5. The van der Waals surface area contributed by atoms with Crippen LogP contribution in [0, 0.1) is 11.8 Å². The first-order valence-electron chi connectivity index (χ1n) is 10.0. The molecule has 4 rings (SSSR count). The maximum absolute atomic E-state index is 13.6. The van der Waals surface area contributed by atoms with Gasteiger partial charge < -0.3 is 4.74 Å². The number of ketones is 1. The SMILES string of the molecule is CCOC(C#Cc1ccccc1)(C(=O)/C=C/c1ccccc1)n1nnc2ccccc21. The van der Waals surface area contributed by atoms with Gasteiger partial charge in [0.05, 0.1) is 5.52 Å². The molecule has 5 heteroatoms. The molecule has 0 N–H and O–H groups in total. The highest BCUT2D eigenvalue weighted by Gasteiger charge is 2.41.